The molecule has 0 N–H and O–H groups in total. The zero-order chi connectivity index (χ0) is 14.7. The molecule has 1 aliphatic rings. The van der Waals surface area contributed by atoms with Crippen LogP contribution in [-0.2, 0) is 9.47 Å². The van der Waals surface area contributed by atoms with Gasteiger partial charge in [-0.1, -0.05) is 65.7 Å². The highest BCUT2D eigenvalue weighted by Gasteiger charge is 2.34. The number of rotatable bonds is 11. The lowest BCUT2D eigenvalue weighted by atomic mass is 9.96. The summed E-state index contributed by atoms with van der Waals surface area (Å²) in [6.07, 6.45) is 14.1. The summed E-state index contributed by atoms with van der Waals surface area (Å²) in [5.41, 5.74) is 0. The maximum Gasteiger partial charge on any atom is 0.168 e. The standard InChI is InChI=1S/C18H36O2/c1-4-5-6-7-8-9-10-11-13-18(16-17(2)3)19-14-12-15-20-18/h17H,4-16H2,1-3H3. The Morgan fingerprint density at radius 2 is 1.40 bits per heavy atom. The van der Waals surface area contributed by atoms with E-state index in [1.54, 1.807) is 0 Å². The van der Waals surface area contributed by atoms with Gasteiger partial charge in [0.1, 0.15) is 0 Å². The summed E-state index contributed by atoms with van der Waals surface area (Å²) in [4.78, 5) is 0. The smallest absolute Gasteiger partial charge is 0.168 e. The molecule has 1 saturated heterocycles. The maximum absolute atomic E-state index is 6.01. The fourth-order valence-electron chi connectivity index (χ4n) is 3.13. The second kappa shape index (κ2) is 10.6. The normalized spacial score (nSPS) is 18.6. The van der Waals surface area contributed by atoms with E-state index in [1.807, 2.05) is 0 Å². The van der Waals surface area contributed by atoms with Crippen molar-refractivity contribution < 1.29 is 9.47 Å². The average Bonchev–Trinajstić information content (AvgIpc) is 2.42. The van der Waals surface area contributed by atoms with Crippen molar-refractivity contribution in [2.75, 3.05) is 13.2 Å². The van der Waals surface area contributed by atoms with E-state index < -0.39 is 0 Å². The third kappa shape index (κ3) is 7.64. The van der Waals surface area contributed by atoms with Gasteiger partial charge in [0.05, 0.1) is 13.2 Å². The van der Waals surface area contributed by atoms with E-state index in [0.717, 1.165) is 32.5 Å². The molecule has 0 saturated carbocycles. The number of hydrogen-bond donors (Lipinski definition) is 0. The quantitative estimate of drug-likeness (QED) is 0.453. The lowest BCUT2D eigenvalue weighted by Crippen LogP contribution is -2.41. The van der Waals surface area contributed by atoms with Crippen LogP contribution in [0.4, 0.5) is 0 Å². The summed E-state index contributed by atoms with van der Waals surface area (Å²) in [6, 6.07) is 0. The first kappa shape index (κ1) is 18.0. The minimum Gasteiger partial charge on any atom is -0.350 e. The molecule has 0 amide bonds. The van der Waals surface area contributed by atoms with Gasteiger partial charge in [0.15, 0.2) is 5.79 Å². The van der Waals surface area contributed by atoms with E-state index in [-0.39, 0.29) is 5.79 Å². The summed E-state index contributed by atoms with van der Waals surface area (Å²) in [5, 5.41) is 0. The second-order valence-electron chi connectivity index (χ2n) is 6.78. The van der Waals surface area contributed by atoms with Crippen LogP contribution in [0.25, 0.3) is 0 Å². The van der Waals surface area contributed by atoms with Crippen LogP contribution in [0.15, 0.2) is 0 Å². The van der Waals surface area contributed by atoms with Crippen molar-refractivity contribution in [2.45, 2.75) is 97.2 Å². The third-order valence-electron chi connectivity index (χ3n) is 4.15. The van der Waals surface area contributed by atoms with Crippen LogP contribution in [0.3, 0.4) is 0 Å². The van der Waals surface area contributed by atoms with Gasteiger partial charge in [-0.05, 0) is 18.8 Å². The molecule has 0 radical (unpaired) electrons. The summed E-state index contributed by atoms with van der Waals surface area (Å²) in [6.45, 7) is 8.55. The Hall–Kier alpha value is -0.0800. The highest BCUT2D eigenvalue weighted by molar-refractivity contribution is 4.75. The molecule has 0 aromatic rings. The van der Waals surface area contributed by atoms with Gasteiger partial charge in [-0.15, -0.1) is 0 Å². The topological polar surface area (TPSA) is 18.5 Å². The van der Waals surface area contributed by atoms with Crippen LogP contribution in [0, 0.1) is 5.92 Å². The summed E-state index contributed by atoms with van der Waals surface area (Å²) >= 11 is 0. The summed E-state index contributed by atoms with van der Waals surface area (Å²) < 4.78 is 12.0. The minimum absolute atomic E-state index is 0.255. The van der Waals surface area contributed by atoms with Crippen molar-refractivity contribution >= 4 is 0 Å². The Kier molecular flexibility index (Phi) is 9.54. The Balaban J connectivity index is 2.12. The Bertz CT molecular complexity index is 219. The average molecular weight is 284 g/mol. The van der Waals surface area contributed by atoms with E-state index in [0.29, 0.717) is 5.92 Å². The van der Waals surface area contributed by atoms with Gasteiger partial charge in [0, 0.05) is 12.8 Å². The fourth-order valence-corrected chi connectivity index (χ4v) is 3.13. The molecule has 0 aliphatic carbocycles. The minimum atomic E-state index is -0.255. The zero-order valence-electron chi connectivity index (χ0n) is 14.1. The molecule has 2 nitrogen and oxygen atoms in total. The first-order chi connectivity index (χ1) is 9.68. The predicted octanol–water partition coefficient (Wildman–Crippen LogP) is 5.70. The Labute approximate surface area is 126 Å². The third-order valence-corrected chi connectivity index (χ3v) is 4.15. The van der Waals surface area contributed by atoms with Crippen LogP contribution in [0.2, 0.25) is 0 Å². The highest BCUT2D eigenvalue weighted by Crippen LogP contribution is 2.32. The molecule has 0 bridgehead atoms. The van der Waals surface area contributed by atoms with Gasteiger partial charge in [-0.25, -0.2) is 0 Å². The largest absolute Gasteiger partial charge is 0.350 e. The van der Waals surface area contributed by atoms with E-state index in [4.69, 9.17) is 9.47 Å². The highest BCUT2D eigenvalue weighted by atomic mass is 16.7. The molecule has 20 heavy (non-hydrogen) atoms. The van der Waals surface area contributed by atoms with E-state index in [9.17, 15) is 0 Å². The molecular weight excluding hydrogens is 248 g/mol. The van der Waals surface area contributed by atoms with Gasteiger partial charge < -0.3 is 9.47 Å². The monoisotopic (exact) mass is 284 g/mol. The van der Waals surface area contributed by atoms with Crippen molar-refractivity contribution in [1.29, 1.82) is 0 Å². The number of ether oxygens (including phenoxy) is 2. The lowest BCUT2D eigenvalue weighted by molar-refractivity contribution is -0.277. The van der Waals surface area contributed by atoms with E-state index >= 15 is 0 Å². The molecule has 0 aromatic carbocycles. The molecule has 1 aliphatic heterocycles. The molecular formula is C18H36O2. The number of unbranched alkanes of at least 4 members (excludes halogenated alkanes) is 7. The summed E-state index contributed by atoms with van der Waals surface area (Å²) in [7, 11) is 0. The maximum atomic E-state index is 6.01. The van der Waals surface area contributed by atoms with Crippen LogP contribution in [-0.4, -0.2) is 19.0 Å². The van der Waals surface area contributed by atoms with Gasteiger partial charge >= 0.3 is 0 Å². The van der Waals surface area contributed by atoms with E-state index in [1.165, 1.54) is 51.4 Å². The molecule has 0 aromatic heterocycles. The van der Waals surface area contributed by atoms with Crippen LogP contribution in [0.5, 0.6) is 0 Å². The molecule has 0 spiro atoms. The van der Waals surface area contributed by atoms with Crippen molar-refractivity contribution in [3.63, 3.8) is 0 Å². The van der Waals surface area contributed by atoms with Crippen molar-refractivity contribution in [3.05, 3.63) is 0 Å². The second-order valence-corrected chi connectivity index (χ2v) is 6.78. The molecule has 120 valence electrons. The van der Waals surface area contributed by atoms with Gasteiger partial charge in [-0.2, -0.15) is 0 Å². The first-order valence-electron chi connectivity index (χ1n) is 8.96. The molecule has 1 rings (SSSR count). The summed E-state index contributed by atoms with van der Waals surface area (Å²) in [5.74, 6) is 0.386. The van der Waals surface area contributed by atoms with Crippen molar-refractivity contribution in [2.24, 2.45) is 5.92 Å². The van der Waals surface area contributed by atoms with Crippen LogP contribution in [0.1, 0.15) is 91.4 Å². The van der Waals surface area contributed by atoms with Crippen LogP contribution < -0.4 is 0 Å². The first-order valence-corrected chi connectivity index (χ1v) is 8.96. The van der Waals surface area contributed by atoms with E-state index in [2.05, 4.69) is 20.8 Å². The molecule has 2 heteroatoms. The molecule has 1 heterocycles. The Morgan fingerprint density at radius 3 is 1.95 bits per heavy atom. The van der Waals surface area contributed by atoms with Gasteiger partial charge in [0.25, 0.3) is 0 Å². The zero-order valence-corrected chi connectivity index (χ0v) is 14.1. The van der Waals surface area contributed by atoms with Crippen molar-refractivity contribution in [3.8, 4) is 0 Å². The van der Waals surface area contributed by atoms with Crippen molar-refractivity contribution in [1.82, 2.24) is 0 Å². The Morgan fingerprint density at radius 1 is 0.850 bits per heavy atom. The van der Waals surface area contributed by atoms with Gasteiger partial charge in [-0.3, -0.25) is 0 Å². The fraction of sp³-hybridized carbons (Fsp3) is 1.00. The molecule has 0 atom stereocenters. The van der Waals surface area contributed by atoms with Crippen LogP contribution >= 0.6 is 0 Å². The lowest BCUT2D eigenvalue weighted by Gasteiger charge is -2.38. The van der Waals surface area contributed by atoms with Gasteiger partial charge in [0.2, 0.25) is 0 Å². The SMILES string of the molecule is CCCCCCCCCCC1(CC(C)C)OCCCO1. The molecule has 1 fully saturated rings. The predicted molar refractivity (Wildman–Crippen MR) is 85.9 cm³/mol. The number of hydrogen-bond acceptors (Lipinski definition) is 2. The molecule has 0 unspecified atom stereocenters.